The first kappa shape index (κ1) is 95.2. The topological polar surface area (TPSA) is 231 Å². The molecule has 0 amide bonds. The molecule has 0 radical (unpaired) electrons. The van der Waals surface area contributed by atoms with Crippen LogP contribution < -0.4 is 0 Å². The van der Waals surface area contributed by atoms with Crippen LogP contribution in [0.2, 0.25) is 0 Å². The van der Waals surface area contributed by atoms with Crippen LogP contribution in [0, 0.1) is 0 Å². The van der Waals surface area contributed by atoms with E-state index in [0.29, 0.717) is 19.3 Å². The number of allylic oxidation sites excluding steroid dienone is 18. The third-order valence-electron chi connectivity index (χ3n) is 16.5. The highest BCUT2D eigenvalue weighted by Crippen LogP contribution is 2.45. The van der Waals surface area contributed by atoms with Crippen molar-refractivity contribution < 1.29 is 75.8 Å². The minimum Gasteiger partial charge on any atom is -0.463 e. The number of aliphatic hydroxyl groups excluding tert-OH is 2. The van der Waals surface area contributed by atoms with Gasteiger partial charge in [-0.25, -0.2) is 9.13 Å². The summed E-state index contributed by atoms with van der Waals surface area (Å²) in [5, 5.41) is 20.6. The van der Waals surface area contributed by atoms with Crippen LogP contribution in [0.1, 0.15) is 329 Å². The molecule has 0 bridgehead atoms. The van der Waals surface area contributed by atoms with Gasteiger partial charge in [-0.2, -0.15) is 0 Å². The Morgan fingerprint density at radius 3 is 0.848 bits per heavy atom. The lowest BCUT2D eigenvalue weighted by Gasteiger charge is -2.21. The maximum absolute atomic E-state index is 12.9. The number of aliphatic hydroxyl groups is 2. The lowest BCUT2D eigenvalue weighted by Crippen LogP contribution is -2.30. The molecule has 0 aliphatic heterocycles. The monoisotopic (exact) mass is 1430 g/mol. The number of unbranched alkanes of at least 4 members (excludes halogenated alkanes) is 33. The van der Waals surface area contributed by atoms with Gasteiger partial charge in [-0.15, -0.1) is 0 Å². The van der Waals surface area contributed by atoms with Crippen LogP contribution in [-0.4, -0.2) is 95.9 Å². The molecule has 0 rings (SSSR count). The molecule has 0 aromatic heterocycles. The van der Waals surface area contributed by atoms with Gasteiger partial charge in [0.2, 0.25) is 0 Å². The van der Waals surface area contributed by atoms with E-state index in [-0.39, 0.29) is 19.3 Å². The molecule has 572 valence electrons. The van der Waals surface area contributed by atoms with Crippen molar-refractivity contribution in [3.8, 4) is 0 Å². The van der Waals surface area contributed by atoms with Gasteiger partial charge in [0, 0.05) is 19.3 Å². The van der Waals surface area contributed by atoms with Crippen LogP contribution in [0.25, 0.3) is 0 Å². The molecule has 0 fully saturated rings. The van der Waals surface area contributed by atoms with Crippen molar-refractivity contribution in [2.45, 2.75) is 347 Å². The molecule has 0 heterocycles. The van der Waals surface area contributed by atoms with E-state index in [0.717, 1.165) is 128 Å². The molecule has 0 saturated heterocycles. The third-order valence-corrected chi connectivity index (χ3v) is 18.4. The number of esters is 3. The third kappa shape index (κ3) is 75.2. The van der Waals surface area contributed by atoms with Gasteiger partial charge in [0.15, 0.2) is 6.10 Å². The Hall–Kier alpha value is -3.79. The van der Waals surface area contributed by atoms with E-state index in [4.69, 9.17) is 32.3 Å². The van der Waals surface area contributed by atoms with E-state index >= 15 is 0 Å². The SMILES string of the molecule is CC/C=C\C/C=C\C/C=C\C/C=C\C/C=C\CCCCCCCCCCCCCCCCCCCCCC(=O)OCC(O)COP(=O)(O)OCC(O)COP(=O)(O)OCC(COC(=O)CCCCCC/C=C\C/C=C\C/C=C\C/C=C\CC)OC(=O)CCCCCCCCCCCCC. The van der Waals surface area contributed by atoms with Crippen LogP contribution in [0.4, 0.5) is 0 Å². The van der Waals surface area contributed by atoms with E-state index in [1.807, 2.05) is 0 Å². The highest BCUT2D eigenvalue weighted by Gasteiger charge is 2.29. The van der Waals surface area contributed by atoms with Crippen LogP contribution in [0.3, 0.4) is 0 Å². The standard InChI is InChI=1S/C81H142O16P2/c1-4-7-10-13-16-19-22-24-26-28-29-30-31-32-33-34-35-36-37-38-39-40-41-42-43-44-45-47-49-50-53-55-58-61-64-67-79(84)91-70-76(82)71-93-98(87,88)94-72-77(83)73-95-99(89,90)96-75-78(97-81(86)69-66-63-60-57-52-21-18-15-12-9-6-3)74-92-80(85)68-65-62-59-56-54-51-48-46-27-25-23-20-17-14-11-8-5-2/h7-8,10-11,16-17,19-20,24-27,29-30,32-33,48,51,76-78,82-83H,4-6,9,12-15,18,21-23,28,31,34-47,49-50,52-75H2,1-3H3,(H,87,88)(H,89,90)/b10-7-,11-8-,19-16-,20-17-,26-24-,27-25-,30-29-,33-32-,51-48-. The van der Waals surface area contributed by atoms with Crippen molar-refractivity contribution in [3.05, 3.63) is 109 Å². The summed E-state index contributed by atoms with van der Waals surface area (Å²) in [6.45, 7) is 2.43. The minimum absolute atomic E-state index is 0.101. The Morgan fingerprint density at radius 1 is 0.293 bits per heavy atom. The van der Waals surface area contributed by atoms with Gasteiger partial charge in [-0.05, 0) is 103 Å². The zero-order valence-electron chi connectivity index (χ0n) is 62.4. The van der Waals surface area contributed by atoms with Crippen molar-refractivity contribution in [2.75, 3.05) is 39.6 Å². The first-order valence-corrected chi connectivity index (χ1v) is 42.2. The van der Waals surface area contributed by atoms with Gasteiger partial charge in [-0.3, -0.25) is 32.5 Å². The summed E-state index contributed by atoms with van der Waals surface area (Å²) < 4.78 is 61.0. The van der Waals surface area contributed by atoms with Gasteiger partial charge in [0.1, 0.15) is 25.4 Å². The second-order valence-electron chi connectivity index (χ2n) is 26.1. The predicted molar refractivity (Wildman–Crippen MR) is 408 cm³/mol. The molecule has 16 nitrogen and oxygen atoms in total. The lowest BCUT2D eigenvalue weighted by molar-refractivity contribution is -0.161. The molecule has 0 aromatic carbocycles. The predicted octanol–water partition coefficient (Wildman–Crippen LogP) is 22.8. The number of carbonyl (C=O) groups is 3. The van der Waals surface area contributed by atoms with Gasteiger partial charge in [-0.1, -0.05) is 316 Å². The molecule has 0 aliphatic rings. The highest BCUT2D eigenvalue weighted by atomic mass is 31.2. The van der Waals surface area contributed by atoms with Crippen molar-refractivity contribution in [1.82, 2.24) is 0 Å². The molecule has 99 heavy (non-hydrogen) atoms. The molecule has 0 spiro atoms. The van der Waals surface area contributed by atoms with Gasteiger partial charge in [0.05, 0.1) is 26.4 Å². The maximum Gasteiger partial charge on any atom is 0.472 e. The smallest absolute Gasteiger partial charge is 0.463 e. The maximum atomic E-state index is 12.9. The van der Waals surface area contributed by atoms with Crippen LogP contribution >= 0.6 is 15.6 Å². The Balaban J connectivity index is 4.30. The largest absolute Gasteiger partial charge is 0.472 e. The summed E-state index contributed by atoms with van der Waals surface area (Å²) in [7, 11) is -9.78. The Morgan fingerprint density at radius 2 is 0.535 bits per heavy atom. The number of carbonyl (C=O) groups excluding carboxylic acids is 3. The van der Waals surface area contributed by atoms with E-state index in [1.165, 1.54) is 141 Å². The Labute approximate surface area is 602 Å². The number of phosphoric ester groups is 2. The van der Waals surface area contributed by atoms with Crippen LogP contribution in [-0.2, 0) is 55.8 Å². The number of hydrogen-bond acceptors (Lipinski definition) is 14. The van der Waals surface area contributed by atoms with E-state index in [1.54, 1.807) is 0 Å². The van der Waals surface area contributed by atoms with Crippen LogP contribution in [0.15, 0.2) is 109 Å². The number of rotatable bonds is 74. The van der Waals surface area contributed by atoms with Gasteiger partial charge in [0.25, 0.3) is 0 Å². The fourth-order valence-electron chi connectivity index (χ4n) is 10.6. The first-order valence-electron chi connectivity index (χ1n) is 39.2. The summed E-state index contributed by atoms with van der Waals surface area (Å²) in [6, 6.07) is 0. The molecular formula is C81H142O16P2. The van der Waals surface area contributed by atoms with Crippen molar-refractivity contribution in [1.29, 1.82) is 0 Å². The zero-order chi connectivity index (χ0) is 72.3. The molecule has 18 heteroatoms. The van der Waals surface area contributed by atoms with Crippen molar-refractivity contribution >= 4 is 33.6 Å². The molecule has 0 aliphatic carbocycles. The molecular weight excluding hydrogens is 1290 g/mol. The average molecular weight is 1430 g/mol. The summed E-state index contributed by atoms with van der Waals surface area (Å²) in [6.07, 6.45) is 86.1. The quantitative estimate of drug-likeness (QED) is 0.0146. The fourth-order valence-corrected chi connectivity index (χ4v) is 12.2. The summed E-state index contributed by atoms with van der Waals surface area (Å²) >= 11 is 0. The summed E-state index contributed by atoms with van der Waals surface area (Å²) in [4.78, 5) is 58.4. The Kier molecular flexibility index (Phi) is 71.1. The highest BCUT2D eigenvalue weighted by molar-refractivity contribution is 7.47. The van der Waals surface area contributed by atoms with E-state index in [2.05, 4.69) is 130 Å². The molecule has 4 N–H and O–H groups in total. The Bertz CT molecular complexity index is 2240. The van der Waals surface area contributed by atoms with Crippen LogP contribution in [0.5, 0.6) is 0 Å². The molecule has 5 atom stereocenters. The van der Waals surface area contributed by atoms with Gasteiger partial charge < -0.3 is 34.2 Å². The fraction of sp³-hybridized carbons (Fsp3) is 0.741. The van der Waals surface area contributed by atoms with Crippen molar-refractivity contribution in [2.24, 2.45) is 0 Å². The summed E-state index contributed by atoms with van der Waals surface area (Å²) in [5.41, 5.74) is 0. The number of hydrogen-bond donors (Lipinski definition) is 4. The second kappa shape index (κ2) is 73.9. The lowest BCUT2D eigenvalue weighted by atomic mass is 10.0. The average Bonchev–Trinajstić information content (AvgIpc) is 1.19. The molecule has 0 saturated carbocycles. The van der Waals surface area contributed by atoms with Gasteiger partial charge >= 0.3 is 33.6 Å². The zero-order valence-corrected chi connectivity index (χ0v) is 64.2. The molecule has 0 aromatic rings. The molecule has 5 unspecified atom stereocenters. The first-order chi connectivity index (χ1) is 48.2. The second-order valence-corrected chi connectivity index (χ2v) is 29.0. The normalized spacial score (nSPS) is 14.6. The number of ether oxygens (including phenoxy) is 3. The number of phosphoric acid groups is 2. The van der Waals surface area contributed by atoms with E-state index < -0.39 is 91.5 Å². The minimum atomic E-state index is -4.93. The summed E-state index contributed by atoms with van der Waals surface area (Å²) in [5.74, 6) is -1.59. The van der Waals surface area contributed by atoms with Crippen molar-refractivity contribution in [3.63, 3.8) is 0 Å². The van der Waals surface area contributed by atoms with E-state index in [9.17, 15) is 43.5 Å².